The maximum Gasteiger partial charge on any atom is 0.411 e. The highest BCUT2D eigenvalue weighted by Crippen LogP contribution is 2.33. The van der Waals surface area contributed by atoms with Gasteiger partial charge in [-0.25, -0.2) is 4.79 Å². The molecule has 0 radical (unpaired) electrons. The number of benzene rings is 1. The maximum atomic E-state index is 11.2. The summed E-state index contributed by atoms with van der Waals surface area (Å²) in [6, 6.07) is 3.40. The van der Waals surface area contributed by atoms with Crippen molar-refractivity contribution in [3.8, 4) is 0 Å². The van der Waals surface area contributed by atoms with Crippen LogP contribution in [0.4, 0.5) is 16.2 Å². The first kappa shape index (κ1) is 12.3. The van der Waals surface area contributed by atoms with Crippen LogP contribution in [0.3, 0.4) is 0 Å². The average molecular weight is 338 g/mol. The number of ether oxygens (including phenoxy) is 1. The third-order valence-corrected chi connectivity index (χ3v) is 2.82. The van der Waals surface area contributed by atoms with E-state index in [0.29, 0.717) is 26.9 Å². The number of anilines is 2. The molecule has 0 aliphatic carbocycles. The molecule has 0 heterocycles. The minimum absolute atomic E-state index is 0.329. The molecule has 1 rings (SSSR count). The quantitative estimate of drug-likeness (QED) is 0.813. The van der Waals surface area contributed by atoms with Crippen LogP contribution in [0, 0.1) is 0 Å². The number of hydrogen-bond acceptors (Lipinski definition) is 3. The van der Waals surface area contributed by atoms with Crippen LogP contribution in [0.5, 0.6) is 0 Å². The minimum atomic E-state index is -0.497. The van der Waals surface area contributed by atoms with Gasteiger partial charge in [0.25, 0.3) is 0 Å². The molecule has 6 heteroatoms. The van der Waals surface area contributed by atoms with E-state index in [9.17, 15) is 4.79 Å². The Bertz CT molecular complexity index is 359. The first-order valence-corrected chi connectivity index (χ1v) is 5.81. The lowest BCUT2D eigenvalue weighted by molar-refractivity contribution is 0.168. The summed E-state index contributed by atoms with van der Waals surface area (Å²) >= 11 is 6.59. The number of carbonyl (C=O) groups is 1. The molecule has 0 aromatic heterocycles. The van der Waals surface area contributed by atoms with Gasteiger partial charge in [-0.3, -0.25) is 5.32 Å². The smallest absolute Gasteiger partial charge is 0.411 e. The minimum Gasteiger partial charge on any atom is -0.450 e. The second kappa shape index (κ2) is 5.37. The highest BCUT2D eigenvalue weighted by molar-refractivity contribution is 9.11. The van der Waals surface area contributed by atoms with Crippen molar-refractivity contribution < 1.29 is 9.53 Å². The Balaban J connectivity index is 2.90. The second-order valence-corrected chi connectivity index (χ2v) is 4.41. The number of hydrogen-bond donors (Lipinski definition) is 2. The average Bonchev–Trinajstić information content (AvgIpc) is 2.11. The van der Waals surface area contributed by atoms with E-state index in [4.69, 9.17) is 10.5 Å². The van der Waals surface area contributed by atoms with Crippen LogP contribution in [0.2, 0.25) is 0 Å². The molecule has 82 valence electrons. The zero-order valence-electron chi connectivity index (χ0n) is 8.01. The van der Waals surface area contributed by atoms with Gasteiger partial charge in [0.1, 0.15) is 0 Å². The van der Waals surface area contributed by atoms with E-state index in [1.54, 1.807) is 19.1 Å². The summed E-state index contributed by atoms with van der Waals surface area (Å²) < 4.78 is 6.16. The van der Waals surface area contributed by atoms with Crippen LogP contribution in [0.15, 0.2) is 21.1 Å². The predicted octanol–water partition coefficient (Wildman–Crippen LogP) is 3.36. The second-order valence-electron chi connectivity index (χ2n) is 2.71. The molecule has 4 nitrogen and oxygen atoms in total. The van der Waals surface area contributed by atoms with Gasteiger partial charge in [-0.15, -0.1) is 0 Å². The zero-order valence-corrected chi connectivity index (χ0v) is 11.2. The molecule has 3 N–H and O–H groups in total. The Morgan fingerprint density at radius 1 is 1.47 bits per heavy atom. The van der Waals surface area contributed by atoms with Crippen molar-refractivity contribution in [3.63, 3.8) is 0 Å². The fourth-order valence-corrected chi connectivity index (χ4v) is 2.40. The van der Waals surface area contributed by atoms with Gasteiger partial charge in [-0.2, -0.15) is 0 Å². The Kier molecular flexibility index (Phi) is 4.41. The van der Waals surface area contributed by atoms with Crippen LogP contribution >= 0.6 is 31.9 Å². The molecule has 0 aliphatic rings. The fraction of sp³-hybridized carbons (Fsp3) is 0.222. The van der Waals surface area contributed by atoms with E-state index in [0.717, 1.165) is 0 Å². The van der Waals surface area contributed by atoms with Gasteiger partial charge in [0.05, 0.1) is 12.3 Å². The van der Waals surface area contributed by atoms with E-state index < -0.39 is 6.09 Å². The maximum absolute atomic E-state index is 11.2. The molecule has 0 aliphatic heterocycles. The van der Waals surface area contributed by atoms with Crippen LogP contribution in [-0.2, 0) is 4.74 Å². The third kappa shape index (κ3) is 3.39. The van der Waals surface area contributed by atoms with Crippen molar-refractivity contribution in [2.24, 2.45) is 0 Å². The number of amides is 1. The lowest BCUT2D eigenvalue weighted by atomic mass is 10.3. The summed E-state index contributed by atoms with van der Waals surface area (Å²) in [5.41, 5.74) is 6.81. The summed E-state index contributed by atoms with van der Waals surface area (Å²) in [5.74, 6) is 0. The van der Waals surface area contributed by atoms with E-state index in [1.165, 1.54) is 0 Å². The molecule has 0 unspecified atom stereocenters. The number of carbonyl (C=O) groups excluding carboxylic acids is 1. The monoisotopic (exact) mass is 336 g/mol. The normalized spacial score (nSPS) is 9.80. The van der Waals surface area contributed by atoms with Crippen LogP contribution in [0.25, 0.3) is 0 Å². The molecular formula is C9H10Br2N2O2. The number of halogens is 2. The molecular weight excluding hydrogens is 328 g/mol. The first-order valence-electron chi connectivity index (χ1n) is 4.23. The van der Waals surface area contributed by atoms with Crippen molar-refractivity contribution in [3.05, 3.63) is 21.1 Å². The molecule has 0 spiro atoms. The van der Waals surface area contributed by atoms with Crippen LogP contribution in [-0.4, -0.2) is 12.7 Å². The summed E-state index contributed by atoms with van der Waals surface area (Å²) in [5, 5.41) is 2.60. The molecule has 0 fully saturated rings. The first-order chi connectivity index (χ1) is 7.04. The Morgan fingerprint density at radius 2 is 2.00 bits per heavy atom. The molecule has 1 amide bonds. The molecule has 0 saturated heterocycles. The van der Waals surface area contributed by atoms with Gasteiger partial charge in [0, 0.05) is 14.6 Å². The summed E-state index contributed by atoms with van der Waals surface area (Å²) in [6.45, 7) is 2.07. The number of rotatable bonds is 2. The fourth-order valence-electron chi connectivity index (χ4n) is 0.981. The number of nitrogen functional groups attached to an aromatic ring is 1. The van der Waals surface area contributed by atoms with Crippen molar-refractivity contribution in [1.82, 2.24) is 0 Å². The molecule has 15 heavy (non-hydrogen) atoms. The summed E-state index contributed by atoms with van der Waals surface area (Å²) in [4.78, 5) is 11.2. The number of nitrogens with one attached hydrogen (secondary N) is 1. The number of nitrogens with two attached hydrogens (primary N) is 1. The Hall–Kier alpha value is -0.750. The van der Waals surface area contributed by atoms with Gasteiger partial charge < -0.3 is 10.5 Å². The van der Waals surface area contributed by atoms with Crippen molar-refractivity contribution in [2.45, 2.75) is 6.92 Å². The Labute approximate surface area is 104 Å². The lowest BCUT2D eigenvalue weighted by Gasteiger charge is -2.10. The highest BCUT2D eigenvalue weighted by Gasteiger charge is 2.10. The van der Waals surface area contributed by atoms with Gasteiger partial charge in [0.2, 0.25) is 0 Å². The van der Waals surface area contributed by atoms with E-state index in [-0.39, 0.29) is 0 Å². The molecule has 1 aromatic rings. The van der Waals surface area contributed by atoms with Crippen LogP contribution in [0.1, 0.15) is 6.92 Å². The van der Waals surface area contributed by atoms with Crippen LogP contribution < -0.4 is 11.1 Å². The summed E-state index contributed by atoms with van der Waals surface area (Å²) in [7, 11) is 0. The SMILES string of the molecule is CCOC(=O)Nc1c(Br)cc(N)cc1Br. The van der Waals surface area contributed by atoms with Gasteiger partial charge in [-0.05, 0) is 50.9 Å². The molecule has 0 bridgehead atoms. The van der Waals surface area contributed by atoms with E-state index >= 15 is 0 Å². The van der Waals surface area contributed by atoms with Gasteiger partial charge in [0.15, 0.2) is 0 Å². The third-order valence-electron chi connectivity index (χ3n) is 1.57. The highest BCUT2D eigenvalue weighted by atomic mass is 79.9. The van der Waals surface area contributed by atoms with Gasteiger partial charge >= 0.3 is 6.09 Å². The van der Waals surface area contributed by atoms with E-state index in [1.807, 2.05) is 0 Å². The van der Waals surface area contributed by atoms with Crippen molar-refractivity contribution in [1.29, 1.82) is 0 Å². The molecule has 0 saturated carbocycles. The predicted molar refractivity (Wildman–Crippen MR) is 66.9 cm³/mol. The Morgan fingerprint density at radius 3 is 2.47 bits per heavy atom. The topological polar surface area (TPSA) is 64.3 Å². The lowest BCUT2D eigenvalue weighted by Crippen LogP contribution is -2.14. The van der Waals surface area contributed by atoms with Gasteiger partial charge in [-0.1, -0.05) is 0 Å². The molecule has 1 aromatic carbocycles. The van der Waals surface area contributed by atoms with Crippen molar-refractivity contribution in [2.75, 3.05) is 17.7 Å². The summed E-state index contributed by atoms with van der Waals surface area (Å²) in [6.07, 6.45) is -0.497. The van der Waals surface area contributed by atoms with E-state index in [2.05, 4.69) is 37.2 Å². The largest absolute Gasteiger partial charge is 0.450 e. The molecule has 0 atom stereocenters. The zero-order chi connectivity index (χ0) is 11.4. The van der Waals surface area contributed by atoms with Crippen molar-refractivity contribution >= 4 is 49.3 Å². The standard InChI is InChI=1S/C9H10Br2N2O2/c1-2-15-9(14)13-8-6(10)3-5(12)4-7(8)11/h3-4H,2,12H2,1H3,(H,13,14).